The molecule has 0 aromatic heterocycles. The number of carbonyl (C=O) groups is 1. The number of sulfone groups is 1. The Bertz CT molecular complexity index is 632. The molecule has 7 heteroatoms. The van der Waals surface area contributed by atoms with Crippen LogP contribution < -0.4 is 11.1 Å². The van der Waals surface area contributed by atoms with Gasteiger partial charge in [0.1, 0.15) is 5.75 Å². The minimum atomic E-state index is -3.30. The number of benzene rings is 1. The van der Waals surface area contributed by atoms with Gasteiger partial charge in [0.15, 0.2) is 9.84 Å². The van der Waals surface area contributed by atoms with Crippen molar-refractivity contribution in [2.75, 3.05) is 17.2 Å². The Morgan fingerprint density at radius 1 is 1.41 bits per heavy atom. The van der Waals surface area contributed by atoms with E-state index in [-0.39, 0.29) is 24.2 Å². The number of carbonyl (C=O) groups excluding carboxylic acids is 1. The zero-order valence-electron chi connectivity index (χ0n) is 12.7. The van der Waals surface area contributed by atoms with E-state index >= 15 is 0 Å². The van der Waals surface area contributed by atoms with Crippen molar-refractivity contribution in [3.8, 4) is 0 Å². The van der Waals surface area contributed by atoms with E-state index in [1.807, 2.05) is 18.2 Å². The average Bonchev–Trinajstić information content (AvgIpc) is 2.37. The fourth-order valence-electron chi connectivity index (χ4n) is 2.80. The monoisotopic (exact) mass is 346 g/mol. The summed E-state index contributed by atoms with van der Waals surface area (Å²) in [6.45, 7) is 1.79. The maximum absolute atomic E-state index is 12.0. The second kappa shape index (κ2) is 7.83. The molecule has 1 aliphatic carbocycles. The highest BCUT2D eigenvalue weighted by Crippen LogP contribution is 2.30. The van der Waals surface area contributed by atoms with Gasteiger partial charge in [-0.1, -0.05) is 13.0 Å². The second-order valence-electron chi connectivity index (χ2n) is 5.56. The molecule has 2 rings (SSSR count). The zero-order chi connectivity index (χ0) is 15.5. The molecule has 1 aromatic rings. The molecule has 124 valence electrons. The molecule has 0 aliphatic heterocycles. The van der Waals surface area contributed by atoms with E-state index in [1.54, 1.807) is 6.92 Å². The Morgan fingerprint density at radius 3 is 2.82 bits per heavy atom. The predicted octanol–water partition coefficient (Wildman–Crippen LogP) is 2.01. The lowest BCUT2D eigenvalue weighted by Gasteiger charge is -2.26. The maximum Gasteiger partial charge on any atom is 0.235 e. The molecule has 0 radical (unpaired) electrons. The first-order chi connectivity index (χ1) is 9.91. The number of fused-ring (bicyclic) bond motifs is 1. The van der Waals surface area contributed by atoms with Gasteiger partial charge < -0.3 is 11.1 Å². The summed E-state index contributed by atoms with van der Waals surface area (Å²) >= 11 is 0. The van der Waals surface area contributed by atoms with Crippen LogP contribution in [0.25, 0.3) is 0 Å². The lowest BCUT2D eigenvalue weighted by atomic mass is 9.87. The highest BCUT2D eigenvalue weighted by atomic mass is 35.5. The molecule has 5 nitrogen and oxygen atoms in total. The Hall–Kier alpha value is -1.27. The largest absolute Gasteiger partial charge is 0.399 e. The van der Waals surface area contributed by atoms with Crippen LogP contribution in [0.2, 0.25) is 0 Å². The molecule has 1 aromatic carbocycles. The first-order valence-electron chi connectivity index (χ1n) is 7.29. The van der Waals surface area contributed by atoms with Gasteiger partial charge in [0.25, 0.3) is 0 Å². The van der Waals surface area contributed by atoms with Crippen molar-refractivity contribution in [2.45, 2.75) is 38.6 Å². The Balaban J connectivity index is 0.00000242. The van der Waals surface area contributed by atoms with Crippen LogP contribution in [0.3, 0.4) is 0 Å². The topological polar surface area (TPSA) is 89.3 Å². The van der Waals surface area contributed by atoms with Gasteiger partial charge in [-0.2, -0.15) is 0 Å². The Morgan fingerprint density at radius 2 is 2.14 bits per heavy atom. The molecule has 0 saturated carbocycles. The van der Waals surface area contributed by atoms with Gasteiger partial charge in [0, 0.05) is 5.69 Å². The third kappa shape index (κ3) is 4.88. The molecule has 3 N–H and O–H groups in total. The van der Waals surface area contributed by atoms with Gasteiger partial charge in [-0.3, -0.25) is 4.79 Å². The quantitative estimate of drug-likeness (QED) is 0.798. The number of amides is 1. The highest BCUT2D eigenvalue weighted by Gasteiger charge is 2.24. The number of aryl methyl sites for hydroxylation is 1. The van der Waals surface area contributed by atoms with Gasteiger partial charge in [-0.15, -0.1) is 12.4 Å². The molecule has 1 amide bonds. The third-order valence-corrected chi connectivity index (χ3v) is 5.41. The van der Waals surface area contributed by atoms with Gasteiger partial charge >= 0.3 is 0 Å². The van der Waals surface area contributed by atoms with Crippen molar-refractivity contribution in [3.63, 3.8) is 0 Å². The summed E-state index contributed by atoms with van der Waals surface area (Å²) in [5, 5.41) is 2.85. The molecule has 0 heterocycles. The van der Waals surface area contributed by atoms with Crippen molar-refractivity contribution in [1.82, 2.24) is 5.32 Å². The number of halogens is 1. The fraction of sp³-hybridized carbons (Fsp3) is 0.533. The Kier molecular flexibility index (Phi) is 6.68. The first kappa shape index (κ1) is 18.8. The summed E-state index contributed by atoms with van der Waals surface area (Å²) in [6.07, 6.45) is 3.27. The smallest absolute Gasteiger partial charge is 0.235 e. The number of nitrogens with two attached hydrogens (primary N) is 1. The molecule has 1 aliphatic rings. The highest BCUT2D eigenvalue weighted by molar-refractivity contribution is 7.92. The SMILES string of the molecule is CCCS(=O)(=O)CC(=O)NC1CCCc2cc(N)ccc21.Cl. The van der Waals surface area contributed by atoms with Crippen LogP contribution in [0.4, 0.5) is 5.69 Å². The van der Waals surface area contributed by atoms with E-state index in [1.165, 1.54) is 0 Å². The summed E-state index contributed by atoms with van der Waals surface area (Å²) < 4.78 is 23.4. The van der Waals surface area contributed by atoms with Crippen LogP contribution >= 0.6 is 12.4 Å². The van der Waals surface area contributed by atoms with Gasteiger partial charge in [-0.25, -0.2) is 8.42 Å². The van der Waals surface area contributed by atoms with Crippen LogP contribution in [0.1, 0.15) is 43.4 Å². The second-order valence-corrected chi connectivity index (χ2v) is 7.75. The number of hydrogen-bond donors (Lipinski definition) is 2. The van der Waals surface area contributed by atoms with Crippen LogP contribution in [0, 0.1) is 0 Å². The predicted molar refractivity (Wildman–Crippen MR) is 90.9 cm³/mol. The minimum Gasteiger partial charge on any atom is -0.399 e. The summed E-state index contributed by atoms with van der Waals surface area (Å²) in [6, 6.07) is 5.56. The standard InChI is InChI=1S/C15H22N2O3S.ClH/c1-2-8-21(19,20)10-15(18)17-14-5-3-4-11-9-12(16)6-7-13(11)14;/h6-7,9,14H,2-5,8,10,16H2,1H3,(H,17,18);1H. The summed E-state index contributed by atoms with van der Waals surface area (Å²) in [7, 11) is -3.30. The van der Waals surface area contributed by atoms with Crippen molar-refractivity contribution >= 4 is 33.8 Å². The molecular formula is C15H23ClN2O3S. The van der Waals surface area contributed by atoms with Crippen LogP contribution in [-0.4, -0.2) is 25.8 Å². The molecule has 0 saturated heterocycles. The lowest BCUT2D eigenvalue weighted by Crippen LogP contribution is -2.35. The summed E-state index contributed by atoms with van der Waals surface area (Å²) in [5.74, 6) is -0.794. The zero-order valence-corrected chi connectivity index (χ0v) is 14.3. The van der Waals surface area contributed by atoms with E-state index in [0.717, 1.165) is 30.4 Å². The number of nitrogens with one attached hydrogen (secondary N) is 1. The van der Waals surface area contributed by atoms with Crippen molar-refractivity contribution in [1.29, 1.82) is 0 Å². The van der Waals surface area contributed by atoms with Crippen molar-refractivity contribution in [3.05, 3.63) is 29.3 Å². The maximum atomic E-state index is 12.0. The van der Waals surface area contributed by atoms with Gasteiger partial charge in [0.2, 0.25) is 5.91 Å². The summed E-state index contributed by atoms with van der Waals surface area (Å²) in [5.41, 5.74) is 8.69. The molecule has 22 heavy (non-hydrogen) atoms. The molecule has 0 spiro atoms. The lowest BCUT2D eigenvalue weighted by molar-refractivity contribution is -0.119. The van der Waals surface area contributed by atoms with Crippen LogP contribution in [-0.2, 0) is 21.1 Å². The van der Waals surface area contributed by atoms with E-state index in [2.05, 4.69) is 5.32 Å². The number of anilines is 1. The number of rotatable bonds is 5. The van der Waals surface area contributed by atoms with Crippen LogP contribution in [0.15, 0.2) is 18.2 Å². The van der Waals surface area contributed by atoms with Gasteiger partial charge in [-0.05, 0) is 48.9 Å². The van der Waals surface area contributed by atoms with E-state index < -0.39 is 21.5 Å². The molecule has 0 bridgehead atoms. The number of nitrogen functional groups attached to an aromatic ring is 1. The fourth-order valence-corrected chi connectivity index (χ4v) is 4.05. The first-order valence-corrected chi connectivity index (χ1v) is 9.11. The molecule has 1 atom stereocenters. The molecule has 1 unspecified atom stereocenters. The van der Waals surface area contributed by atoms with E-state index in [4.69, 9.17) is 5.73 Å². The van der Waals surface area contributed by atoms with Crippen molar-refractivity contribution in [2.24, 2.45) is 0 Å². The number of hydrogen-bond acceptors (Lipinski definition) is 4. The van der Waals surface area contributed by atoms with Crippen LogP contribution in [0.5, 0.6) is 0 Å². The normalized spacial score (nSPS) is 17.2. The van der Waals surface area contributed by atoms with Crippen molar-refractivity contribution < 1.29 is 13.2 Å². The van der Waals surface area contributed by atoms with E-state index in [0.29, 0.717) is 12.1 Å². The Labute approximate surface area is 138 Å². The summed E-state index contributed by atoms with van der Waals surface area (Å²) in [4.78, 5) is 12.0. The molecular weight excluding hydrogens is 324 g/mol. The van der Waals surface area contributed by atoms with E-state index in [9.17, 15) is 13.2 Å². The third-order valence-electron chi connectivity index (χ3n) is 3.68. The van der Waals surface area contributed by atoms with Gasteiger partial charge in [0.05, 0.1) is 11.8 Å². The average molecular weight is 347 g/mol. The minimum absolute atomic E-state index is 0. The molecule has 0 fully saturated rings.